The van der Waals surface area contributed by atoms with Crippen LogP contribution < -0.4 is 14.8 Å². The summed E-state index contributed by atoms with van der Waals surface area (Å²) in [5.41, 5.74) is 0.935. The number of hydrogen-bond donors (Lipinski definition) is 1. The summed E-state index contributed by atoms with van der Waals surface area (Å²) in [6, 6.07) is 12.7. The maximum Gasteiger partial charge on any atom is 0.266 e. The molecule has 0 saturated carbocycles. The Morgan fingerprint density at radius 3 is 2.69 bits per heavy atom. The molecule has 146 valence electrons. The first-order valence-corrected chi connectivity index (χ1v) is 8.53. The first-order chi connectivity index (χ1) is 14.0. The number of methoxy groups -OCH3 is 1. The van der Waals surface area contributed by atoms with Gasteiger partial charge in [-0.1, -0.05) is 18.2 Å². The van der Waals surface area contributed by atoms with E-state index >= 15 is 0 Å². The van der Waals surface area contributed by atoms with Gasteiger partial charge >= 0.3 is 0 Å². The highest BCUT2D eigenvalue weighted by molar-refractivity contribution is 6.09. The van der Waals surface area contributed by atoms with E-state index < -0.39 is 11.7 Å². The third kappa shape index (κ3) is 5.44. The van der Waals surface area contributed by atoms with Gasteiger partial charge in [0.05, 0.1) is 12.8 Å². The van der Waals surface area contributed by atoms with Crippen molar-refractivity contribution in [1.82, 2.24) is 0 Å². The number of amides is 1. The maximum absolute atomic E-state index is 13.7. The van der Waals surface area contributed by atoms with Crippen LogP contribution in [0.1, 0.15) is 11.1 Å². The number of benzene rings is 2. The highest BCUT2D eigenvalue weighted by Crippen LogP contribution is 2.34. The number of rotatable bonds is 8. The number of halogens is 1. The molecule has 0 atom stereocenters. The number of allylic oxidation sites excluding steroid dienone is 1. The minimum Gasteiger partial charge on any atom is -0.493 e. The fourth-order valence-corrected chi connectivity index (χ4v) is 2.56. The van der Waals surface area contributed by atoms with E-state index in [-0.39, 0.29) is 17.9 Å². The van der Waals surface area contributed by atoms with Gasteiger partial charge < -0.3 is 14.8 Å². The van der Waals surface area contributed by atoms with Crippen LogP contribution in [0.3, 0.4) is 0 Å². The minimum absolute atomic E-state index is 0.0242. The Morgan fingerprint density at radius 2 is 2.07 bits per heavy atom. The van der Waals surface area contributed by atoms with Crippen LogP contribution in [0.4, 0.5) is 10.1 Å². The fraction of sp³-hybridized carbons (Fsp3) is 0.136. The predicted molar refractivity (Wildman–Crippen MR) is 107 cm³/mol. The number of nitrogens with zero attached hydrogens (tertiary/aromatic N) is 2. The summed E-state index contributed by atoms with van der Waals surface area (Å²) in [5, 5.41) is 20.5. The largest absolute Gasteiger partial charge is 0.493 e. The molecule has 2 aromatic carbocycles. The lowest BCUT2D eigenvalue weighted by Gasteiger charge is -2.14. The Kier molecular flexibility index (Phi) is 7.52. The summed E-state index contributed by atoms with van der Waals surface area (Å²) in [6.45, 7) is 3.53. The maximum atomic E-state index is 13.7. The van der Waals surface area contributed by atoms with E-state index in [1.54, 1.807) is 24.3 Å². The van der Waals surface area contributed by atoms with Gasteiger partial charge in [0.1, 0.15) is 23.5 Å². The molecule has 2 rings (SSSR count). The molecule has 6 nitrogen and oxygen atoms in total. The second-order valence-corrected chi connectivity index (χ2v) is 5.75. The highest BCUT2D eigenvalue weighted by Gasteiger charge is 2.15. The summed E-state index contributed by atoms with van der Waals surface area (Å²) in [7, 11) is 1.44. The highest BCUT2D eigenvalue weighted by atomic mass is 19.1. The van der Waals surface area contributed by atoms with Crippen molar-refractivity contribution in [1.29, 1.82) is 10.5 Å². The van der Waals surface area contributed by atoms with E-state index in [1.165, 1.54) is 31.4 Å². The van der Waals surface area contributed by atoms with Gasteiger partial charge in [0.2, 0.25) is 0 Å². The topological polar surface area (TPSA) is 95.1 Å². The molecule has 1 amide bonds. The van der Waals surface area contributed by atoms with Crippen molar-refractivity contribution in [2.45, 2.75) is 6.42 Å². The Balaban J connectivity index is 2.41. The molecule has 0 fully saturated rings. The van der Waals surface area contributed by atoms with Crippen molar-refractivity contribution in [2.24, 2.45) is 0 Å². The summed E-state index contributed by atoms with van der Waals surface area (Å²) in [6.07, 6.45) is 3.43. The molecule has 0 spiro atoms. The molecule has 0 unspecified atom stereocenters. The van der Waals surface area contributed by atoms with Gasteiger partial charge in [0.15, 0.2) is 18.1 Å². The summed E-state index contributed by atoms with van der Waals surface area (Å²) >= 11 is 0. The lowest BCUT2D eigenvalue weighted by Crippen LogP contribution is -2.14. The Hall–Kier alpha value is -4.10. The average molecular weight is 391 g/mol. The van der Waals surface area contributed by atoms with Gasteiger partial charge in [-0.25, -0.2) is 4.39 Å². The molecule has 2 aromatic rings. The lowest BCUT2D eigenvalue weighted by molar-refractivity contribution is -0.112. The molecule has 0 aliphatic heterocycles. The molecule has 0 radical (unpaired) electrons. The molecular formula is C22H18FN3O3. The standard InChI is InChI=1S/C22H18FN3O3/c1-3-6-16-11-15(13-20(28-2)21(16)29-10-9-24)12-17(14-25)22(27)26-19-8-5-4-7-18(19)23/h3-5,7-8,11-13H,1,6,10H2,2H3,(H,26,27)/b17-12-. The van der Waals surface area contributed by atoms with E-state index in [9.17, 15) is 14.4 Å². The Bertz CT molecular complexity index is 1030. The molecular weight excluding hydrogens is 373 g/mol. The fourth-order valence-electron chi connectivity index (χ4n) is 2.56. The molecule has 0 aliphatic carbocycles. The molecule has 29 heavy (non-hydrogen) atoms. The van der Waals surface area contributed by atoms with Gasteiger partial charge in [-0.2, -0.15) is 10.5 Å². The number of nitrogens with one attached hydrogen (secondary N) is 1. The number of para-hydroxylation sites is 1. The second kappa shape index (κ2) is 10.3. The lowest BCUT2D eigenvalue weighted by atomic mass is 10.0. The van der Waals surface area contributed by atoms with Crippen molar-refractivity contribution >= 4 is 17.7 Å². The zero-order valence-corrected chi connectivity index (χ0v) is 15.7. The quantitative estimate of drug-likeness (QED) is 0.417. The SMILES string of the molecule is C=CCc1cc(/C=C(/C#N)C(=O)Nc2ccccc2F)cc(OC)c1OCC#N. The minimum atomic E-state index is -0.744. The summed E-state index contributed by atoms with van der Waals surface area (Å²) < 4.78 is 24.5. The van der Waals surface area contributed by atoms with Gasteiger partial charge in [0.25, 0.3) is 5.91 Å². The van der Waals surface area contributed by atoms with Crippen LogP contribution in [0.2, 0.25) is 0 Å². The normalized spacial score (nSPS) is 10.4. The monoisotopic (exact) mass is 391 g/mol. The zero-order chi connectivity index (χ0) is 21.2. The second-order valence-electron chi connectivity index (χ2n) is 5.75. The van der Waals surface area contributed by atoms with Gasteiger partial charge in [0, 0.05) is 5.56 Å². The number of hydrogen-bond acceptors (Lipinski definition) is 5. The van der Waals surface area contributed by atoms with Crippen LogP contribution in [-0.2, 0) is 11.2 Å². The summed E-state index contributed by atoms with van der Waals surface area (Å²) in [5.74, 6) is -0.614. The van der Waals surface area contributed by atoms with Crippen LogP contribution in [0, 0.1) is 28.5 Å². The molecule has 7 heteroatoms. The van der Waals surface area contributed by atoms with Gasteiger partial charge in [-0.05, 0) is 42.3 Å². The van der Waals surface area contributed by atoms with Crippen LogP contribution in [0.25, 0.3) is 6.08 Å². The number of nitriles is 2. The van der Waals surface area contributed by atoms with Crippen molar-refractivity contribution in [2.75, 3.05) is 19.0 Å². The predicted octanol–water partition coefficient (Wildman–Crippen LogP) is 4.01. The van der Waals surface area contributed by atoms with Crippen LogP contribution >= 0.6 is 0 Å². The first-order valence-electron chi connectivity index (χ1n) is 8.53. The Morgan fingerprint density at radius 1 is 1.31 bits per heavy atom. The van der Waals surface area contributed by atoms with E-state index in [0.717, 1.165) is 0 Å². The Labute approximate surface area is 168 Å². The average Bonchev–Trinajstić information content (AvgIpc) is 2.72. The van der Waals surface area contributed by atoms with Crippen LogP contribution in [0.5, 0.6) is 11.5 Å². The number of anilines is 1. The third-order valence-corrected chi connectivity index (χ3v) is 3.82. The molecule has 1 N–H and O–H groups in total. The van der Waals surface area contributed by atoms with E-state index in [1.807, 2.05) is 12.1 Å². The van der Waals surface area contributed by atoms with E-state index in [0.29, 0.717) is 29.0 Å². The van der Waals surface area contributed by atoms with Crippen molar-refractivity contribution in [3.05, 3.63) is 71.6 Å². The van der Waals surface area contributed by atoms with Crippen LogP contribution in [0.15, 0.2) is 54.6 Å². The third-order valence-electron chi connectivity index (χ3n) is 3.82. The van der Waals surface area contributed by atoms with Crippen molar-refractivity contribution in [3.63, 3.8) is 0 Å². The molecule has 0 saturated heterocycles. The zero-order valence-electron chi connectivity index (χ0n) is 15.7. The number of ether oxygens (including phenoxy) is 2. The first kappa shape index (κ1) is 21.2. The van der Waals surface area contributed by atoms with Gasteiger partial charge in [-0.3, -0.25) is 4.79 Å². The molecule has 0 aromatic heterocycles. The van der Waals surface area contributed by atoms with Crippen molar-refractivity contribution in [3.8, 4) is 23.6 Å². The van der Waals surface area contributed by atoms with Gasteiger partial charge in [-0.15, -0.1) is 6.58 Å². The van der Waals surface area contributed by atoms with Crippen LogP contribution in [-0.4, -0.2) is 19.6 Å². The smallest absolute Gasteiger partial charge is 0.266 e. The molecule has 0 bridgehead atoms. The van der Waals surface area contributed by atoms with Crippen molar-refractivity contribution < 1.29 is 18.7 Å². The number of carbonyl (C=O) groups is 1. The summed E-state index contributed by atoms with van der Waals surface area (Å²) in [4.78, 5) is 12.4. The van der Waals surface area contributed by atoms with E-state index in [2.05, 4.69) is 11.9 Å². The molecule has 0 heterocycles. The number of carbonyl (C=O) groups excluding carboxylic acids is 1. The molecule has 0 aliphatic rings. The van der Waals surface area contributed by atoms with E-state index in [4.69, 9.17) is 14.7 Å².